The lowest BCUT2D eigenvalue weighted by atomic mass is 9.86. The zero-order valence-electron chi connectivity index (χ0n) is 14.6. The number of hydrogen-bond donors (Lipinski definition) is 3. The number of urea groups is 1. The first kappa shape index (κ1) is 17.5. The summed E-state index contributed by atoms with van der Waals surface area (Å²) in [5.41, 5.74) is 1.99. The molecule has 1 aromatic heterocycles. The van der Waals surface area contributed by atoms with Crippen molar-refractivity contribution in [1.82, 2.24) is 20.4 Å². The van der Waals surface area contributed by atoms with Gasteiger partial charge in [0.15, 0.2) is 0 Å². The molecule has 2 unspecified atom stereocenters. The number of amides is 2. The Hall–Kier alpha value is -2.34. The zero-order chi connectivity index (χ0) is 17.7. The van der Waals surface area contributed by atoms with Gasteiger partial charge in [0.25, 0.3) is 0 Å². The van der Waals surface area contributed by atoms with Gasteiger partial charge in [0, 0.05) is 30.4 Å². The standard InChI is InChI=1S/C19H26N4O2/c1-19(14-24)9-4-8-17(19)22-18(25)20-12-15-6-2-3-7-16(15)13-23-11-5-10-21-23/h2-3,5-7,10-11,17,24H,4,8-9,12-14H2,1H3,(H2,20,22,25). The average molecular weight is 342 g/mol. The SMILES string of the molecule is CC1(CO)CCCC1NC(=O)NCc1ccccc1Cn1cccn1. The lowest BCUT2D eigenvalue weighted by Gasteiger charge is -2.30. The van der Waals surface area contributed by atoms with Crippen LogP contribution in [0.25, 0.3) is 0 Å². The molecule has 2 atom stereocenters. The van der Waals surface area contributed by atoms with Gasteiger partial charge in [-0.05, 0) is 30.0 Å². The van der Waals surface area contributed by atoms with Gasteiger partial charge in [0.1, 0.15) is 0 Å². The molecule has 6 heteroatoms. The molecule has 2 amide bonds. The number of aliphatic hydroxyl groups is 1. The lowest BCUT2D eigenvalue weighted by molar-refractivity contribution is 0.121. The minimum atomic E-state index is -0.213. The summed E-state index contributed by atoms with van der Waals surface area (Å²) in [6, 6.07) is 9.78. The van der Waals surface area contributed by atoms with Crippen LogP contribution >= 0.6 is 0 Å². The van der Waals surface area contributed by atoms with Crippen LogP contribution < -0.4 is 10.6 Å². The lowest BCUT2D eigenvalue weighted by Crippen LogP contribution is -2.48. The van der Waals surface area contributed by atoms with Crippen LogP contribution in [0.3, 0.4) is 0 Å². The zero-order valence-corrected chi connectivity index (χ0v) is 14.6. The van der Waals surface area contributed by atoms with Crippen molar-refractivity contribution in [3.8, 4) is 0 Å². The van der Waals surface area contributed by atoms with Crippen LogP contribution in [0.2, 0.25) is 0 Å². The second-order valence-corrected chi connectivity index (χ2v) is 7.06. The Morgan fingerprint density at radius 2 is 2.16 bits per heavy atom. The number of carbonyl (C=O) groups is 1. The number of nitrogens with zero attached hydrogens (tertiary/aromatic N) is 2. The summed E-state index contributed by atoms with van der Waals surface area (Å²) < 4.78 is 1.87. The van der Waals surface area contributed by atoms with Crippen LogP contribution in [0.1, 0.15) is 37.3 Å². The molecule has 0 radical (unpaired) electrons. The monoisotopic (exact) mass is 342 g/mol. The third kappa shape index (κ3) is 4.20. The minimum absolute atomic E-state index is 0.0248. The number of benzene rings is 1. The molecule has 3 rings (SSSR count). The van der Waals surface area contributed by atoms with Crippen LogP contribution in [-0.2, 0) is 13.1 Å². The predicted octanol–water partition coefficient (Wildman–Crippen LogP) is 2.28. The van der Waals surface area contributed by atoms with Crippen molar-refractivity contribution < 1.29 is 9.90 Å². The number of nitrogens with one attached hydrogen (secondary N) is 2. The van der Waals surface area contributed by atoms with Crippen molar-refractivity contribution in [3.63, 3.8) is 0 Å². The fourth-order valence-electron chi connectivity index (χ4n) is 3.51. The Morgan fingerprint density at radius 3 is 2.88 bits per heavy atom. The normalized spacial score (nSPS) is 22.7. The van der Waals surface area contributed by atoms with Gasteiger partial charge in [0.05, 0.1) is 13.2 Å². The number of aliphatic hydroxyl groups excluding tert-OH is 1. The molecule has 1 aliphatic carbocycles. The molecule has 3 N–H and O–H groups in total. The molecular formula is C19H26N4O2. The molecule has 2 aromatic rings. The molecule has 1 heterocycles. The molecule has 1 fully saturated rings. The topological polar surface area (TPSA) is 79.2 Å². The maximum Gasteiger partial charge on any atom is 0.315 e. The van der Waals surface area contributed by atoms with Gasteiger partial charge >= 0.3 is 6.03 Å². The third-order valence-corrected chi connectivity index (χ3v) is 5.20. The van der Waals surface area contributed by atoms with Crippen molar-refractivity contribution in [3.05, 3.63) is 53.9 Å². The molecule has 0 aliphatic heterocycles. The highest BCUT2D eigenvalue weighted by molar-refractivity contribution is 5.74. The Labute approximate surface area is 148 Å². The average Bonchev–Trinajstić information content (AvgIpc) is 3.25. The van der Waals surface area contributed by atoms with E-state index in [1.807, 2.05) is 42.1 Å². The van der Waals surface area contributed by atoms with E-state index >= 15 is 0 Å². The molecule has 0 spiro atoms. The van der Waals surface area contributed by atoms with Crippen molar-refractivity contribution in [1.29, 1.82) is 0 Å². The first-order valence-electron chi connectivity index (χ1n) is 8.80. The molecule has 1 aliphatic rings. The summed E-state index contributed by atoms with van der Waals surface area (Å²) in [6.07, 6.45) is 6.58. The molecule has 6 nitrogen and oxygen atoms in total. The second kappa shape index (κ2) is 7.70. The van der Waals surface area contributed by atoms with E-state index in [0.717, 1.165) is 30.4 Å². The van der Waals surface area contributed by atoms with Gasteiger partial charge < -0.3 is 15.7 Å². The minimum Gasteiger partial charge on any atom is -0.396 e. The van der Waals surface area contributed by atoms with Crippen LogP contribution in [-0.4, -0.2) is 33.6 Å². The maximum absolute atomic E-state index is 12.3. The van der Waals surface area contributed by atoms with Crippen LogP contribution in [0.4, 0.5) is 4.79 Å². The first-order valence-corrected chi connectivity index (χ1v) is 8.80. The van der Waals surface area contributed by atoms with E-state index < -0.39 is 0 Å². The highest BCUT2D eigenvalue weighted by Crippen LogP contribution is 2.37. The number of carbonyl (C=O) groups excluding carboxylic acids is 1. The quantitative estimate of drug-likeness (QED) is 0.753. The highest BCUT2D eigenvalue weighted by atomic mass is 16.3. The van der Waals surface area contributed by atoms with E-state index in [1.54, 1.807) is 6.20 Å². The van der Waals surface area contributed by atoms with E-state index in [4.69, 9.17) is 0 Å². The summed E-state index contributed by atoms with van der Waals surface area (Å²) in [7, 11) is 0. The van der Waals surface area contributed by atoms with Gasteiger partial charge in [-0.1, -0.05) is 37.6 Å². The fraction of sp³-hybridized carbons (Fsp3) is 0.474. The second-order valence-electron chi connectivity index (χ2n) is 7.06. The van der Waals surface area contributed by atoms with Crippen LogP contribution in [0.15, 0.2) is 42.7 Å². The van der Waals surface area contributed by atoms with E-state index in [9.17, 15) is 9.90 Å². The van der Waals surface area contributed by atoms with Gasteiger partial charge in [-0.15, -0.1) is 0 Å². The molecule has 1 saturated carbocycles. The van der Waals surface area contributed by atoms with Crippen molar-refractivity contribution in [2.45, 2.75) is 45.3 Å². The summed E-state index contributed by atoms with van der Waals surface area (Å²) >= 11 is 0. The van der Waals surface area contributed by atoms with Crippen molar-refractivity contribution in [2.75, 3.05) is 6.61 Å². The van der Waals surface area contributed by atoms with E-state index in [1.165, 1.54) is 0 Å². The fourth-order valence-corrected chi connectivity index (χ4v) is 3.51. The molecule has 25 heavy (non-hydrogen) atoms. The molecule has 0 saturated heterocycles. The predicted molar refractivity (Wildman–Crippen MR) is 96.0 cm³/mol. The Kier molecular flexibility index (Phi) is 5.38. The Morgan fingerprint density at radius 1 is 1.36 bits per heavy atom. The van der Waals surface area contributed by atoms with E-state index in [0.29, 0.717) is 13.1 Å². The summed E-state index contributed by atoms with van der Waals surface area (Å²) in [5.74, 6) is 0. The number of aromatic nitrogens is 2. The molecule has 0 bridgehead atoms. The van der Waals surface area contributed by atoms with E-state index in [-0.39, 0.29) is 24.1 Å². The first-order chi connectivity index (χ1) is 12.1. The van der Waals surface area contributed by atoms with Gasteiger partial charge in [-0.2, -0.15) is 5.10 Å². The summed E-state index contributed by atoms with van der Waals surface area (Å²) in [6.45, 7) is 3.28. The van der Waals surface area contributed by atoms with Gasteiger partial charge in [0.2, 0.25) is 0 Å². The highest BCUT2D eigenvalue weighted by Gasteiger charge is 2.39. The van der Waals surface area contributed by atoms with Crippen LogP contribution in [0, 0.1) is 5.41 Å². The van der Waals surface area contributed by atoms with Gasteiger partial charge in [-0.25, -0.2) is 4.79 Å². The number of hydrogen-bond acceptors (Lipinski definition) is 3. The number of rotatable bonds is 6. The maximum atomic E-state index is 12.3. The van der Waals surface area contributed by atoms with Crippen molar-refractivity contribution in [2.24, 2.45) is 5.41 Å². The Bertz CT molecular complexity index is 701. The smallest absolute Gasteiger partial charge is 0.315 e. The van der Waals surface area contributed by atoms with Crippen molar-refractivity contribution >= 4 is 6.03 Å². The molecular weight excluding hydrogens is 316 g/mol. The largest absolute Gasteiger partial charge is 0.396 e. The Balaban J connectivity index is 1.57. The summed E-state index contributed by atoms with van der Waals surface area (Å²) in [5, 5.41) is 19.8. The third-order valence-electron chi connectivity index (χ3n) is 5.20. The summed E-state index contributed by atoms with van der Waals surface area (Å²) in [4.78, 5) is 12.3. The molecule has 134 valence electrons. The van der Waals surface area contributed by atoms with Crippen LogP contribution in [0.5, 0.6) is 0 Å². The van der Waals surface area contributed by atoms with E-state index in [2.05, 4.69) is 21.8 Å². The van der Waals surface area contributed by atoms with Gasteiger partial charge in [-0.3, -0.25) is 4.68 Å². The molecule has 1 aromatic carbocycles.